The number of rotatable bonds is 5. The van der Waals surface area contributed by atoms with Crippen LogP contribution in [-0.4, -0.2) is 55.4 Å². The second-order valence-corrected chi connectivity index (χ2v) is 6.92. The first-order chi connectivity index (χ1) is 9.38. The van der Waals surface area contributed by atoms with Gasteiger partial charge in [0.1, 0.15) is 0 Å². The van der Waals surface area contributed by atoms with Gasteiger partial charge < -0.3 is 10.4 Å². The van der Waals surface area contributed by atoms with Gasteiger partial charge in [-0.15, -0.1) is 0 Å². The van der Waals surface area contributed by atoms with Crippen LogP contribution >= 0.6 is 0 Å². The van der Waals surface area contributed by atoms with Crippen molar-refractivity contribution in [1.82, 2.24) is 14.3 Å². The molecule has 2 fully saturated rings. The molecule has 0 radical (unpaired) electrons. The summed E-state index contributed by atoms with van der Waals surface area (Å²) < 4.78 is 27.8. The molecule has 0 aliphatic carbocycles. The van der Waals surface area contributed by atoms with Crippen LogP contribution in [0.25, 0.3) is 0 Å². The van der Waals surface area contributed by atoms with Crippen LogP contribution in [0.2, 0.25) is 0 Å². The summed E-state index contributed by atoms with van der Waals surface area (Å²) >= 11 is 0. The first-order valence-corrected chi connectivity index (χ1v) is 8.09. The maximum absolute atomic E-state index is 12.1. The predicted molar refractivity (Wildman–Crippen MR) is 70.0 cm³/mol. The zero-order chi connectivity index (χ0) is 14.8. The van der Waals surface area contributed by atoms with Crippen molar-refractivity contribution in [2.45, 2.75) is 31.7 Å². The van der Waals surface area contributed by atoms with Crippen molar-refractivity contribution in [1.29, 1.82) is 0 Å². The van der Waals surface area contributed by atoms with Gasteiger partial charge in [0.05, 0.1) is 5.92 Å². The molecule has 0 spiro atoms. The van der Waals surface area contributed by atoms with Crippen molar-refractivity contribution in [2.24, 2.45) is 5.92 Å². The average molecular weight is 305 g/mol. The van der Waals surface area contributed by atoms with Crippen molar-refractivity contribution in [3.05, 3.63) is 0 Å². The monoisotopic (exact) mass is 305 g/mol. The highest BCUT2D eigenvalue weighted by Gasteiger charge is 2.31. The van der Waals surface area contributed by atoms with Crippen molar-refractivity contribution >= 4 is 22.1 Å². The first-order valence-electron chi connectivity index (χ1n) is 6.65. The van der Waals surface area contributed by atoms with Crippen LogP contribution in [0.15, 0.2) is 0 Å². The summed E-state index contributed by atoms with van der Waals surface area (Å²) in [6.07, 6.45) is 1.71. The lowest BCUT2D eigenvalue weighted by atomic mass is 9.99. The molecule has 2 aliphatic rings. The Hall–Kier alpha value is -1.19. The summed E-state index contributed by atoms with van der Waals surface area (Å²) in [5.41, 5.74) is 0. The number of carbonyl (C=O) groups is 2. The largest absolute Gasteiger partial charge is 0.481 e. The minimum Gasteiger partial charge on any atom is -0.481 e. The van der Waals surface area contributed by atoms with Crippen molar-refractivity contribution in [2.75, 3.05) is 19.6 Å². The van der Waals surface area contributed by atoms with Crippen LogP contribution in [0.3, 0.4) is 0 Å². The third-order valence-electron chi connectivity index (χ3n) is 3.74. The molecule has 0 saturated carbocycles. The van der Waals surface area contributed by atoms with Gasteiger partial charge in [-0.25, -0.2) is 4.72 Å². The Labute approximate surface area is 117 Å². The van der Waals surface area contributed by atoms with E-state index in [-0.39, 0.29) is 31.6 Å². The number of hydrogen-bond acceptors (Lipinski definition) is 4. The lowest BCUT2D eigenvalue weighted by molar-refractivity contribution is -0.143. The molecule has 2 saturated heterocycles. The van der Waals surface area contributed by atoms with Crippen LogP contribution in [0, 0.1) is 5.92 Å². The lowest BCUT2D eigenvalue weighted by Crippen LogP contribution is -2.48. The van der Waals surface area contributed by atoms with E-state index in [0.29, 0.717) is 25.7 Å². The van der Waals surface area contributed by atoms with E-state index in [0.717, 1.165) is 0 Å². The van der Waals surface area contributed by atoms with E-state index in [9.17, 15) is 18.0 Å². The number of hydrogen-bond donors (Lipinski definition) is 3. The number of carbonyl (C=O) groups excluding carboxylic acids is 1. The molecule has 20 heavy (non-hydrogen) atoms. The molecule has 0 aromatic carbocycles. The van der Waals surface area contributed by atoms with Gasteiger partial charge in [-0.2, -0.15) is 12.7 Å². The van der Waals surface area contributed by atoms with Gasteiger partial charge in [-0.1, -0.05) is 0 Å². The van der Waals surface area contributed by atoms with E-state index in [1.807, 2.05) is 0 Å². The van der Waals surface area contributed by atoms with E-state index >= 15 is 0 Å². The Balaban J connectivity index is 1.82. The number of carboxylic acid groups (broad SMARTS) is 1. The van der Waals surface area contributed by atoms with Gasteiger partial charge in [0, 0.05) is 32.1 Å². The van der Waals surface area contributed by atoms with Gasteiger partial charge in [-0.3, -0.25) is 9.59 Å². The van der Waals surface area contributed by atoms with Crippen LogP contribution in [0.4, 0.5) is 0 Å². The van der Waals surface area contributed by atoms with Crippen LogP contribution in [0.1, 0.15) is 25.7 Å². The Morgan fingerprint density at radius 1 is 1.35 bits per heavy atom. The summed E-state index contributed by atoms with van der Waals surface area (Å²) in [6.45, 7) is 0.597. The quantitative estimate of drug-likeness (QED) is 0.596. The van der Waals surface area contributed by atoms with Gasteiger partial charge in [0.15, 0.2) is 0 Å². The van der Waals surface area contributed by atoms with E-state index < -0.39 is 22.1 Å². The summed E-state index contributed by atoms with van der Waals surface area (Å²) in [5.74, 6) is -1.39. The van der Waals surface area contributed by atoms with E-state index in [1.54, 1.807) is 0 Å². The summed E-state index contributed by atoms with van der Waals surface area (Å²) in [4.78, 5) is 21.8. The molecule has 2 aliphatic heterocycles. The molecule has 2 rings (SSSR count). The Kier molecular flexibility index (Phi) is 4.61. The van der Waals surface area contributed by atoms with Crippen molar-refractivity contribution < 1.29 is 23.1 Å². The first kappa shape index (κ1) is 15.2. The molecule has 3 N–H and O–H groups in total. The zero-order valence-corrected chi connectivity index (χ0v) is 11.9. The number of piperidine rings is 1. The number of amides is 1. The molecule has 0 bridgehead atoms. The number of aliphatic carboxylic acids is 1. The molecule has 114 valence electrons. The molecule has 1 amide bonds. The summed E-state index contributed by atoms with van der Waals surface area (Å²) in [7, 11) is -3.60. The van der Waals surface area contributed by atoms with Crippen molar-refractivity contribution in [3.8, 4) is 0 Å². The summed E-state index contributed by atoms with van der Waals surface area (Å²) in [5, 5.41) is 11.6. The normalized spacial score (nSPS) is 25.6. The fourth-order valence-electron chi connectivity index (χ4n) is 2.47. The fourth-order valence-corrected chi connectivity index (χ4v) is 3.76. The average Bonchev–Trinajstić information content (AvgIpc) is 2.82. The number of nitrogens with one attached hydrogen (secondary N) is 2. The van der Waals surface area contributed by atoms with E-state index in [1.165, 1.54) is 4.31 Å². The van der Waals surface area contributed by atoms with Gasteiger partial charge in [0.25, 0.3) is 10.2 Å². The second-order valence-electron chi connectivity index (χ2n) is 5.17. The third kappa shape index (κ3) is 3.68. The minimum absolute atomic E-state index is 0.0588. The zero-order valence-electron chi connectivity index (χ0n) is 11.0. The summed E-state index contributed by atoms with van der Waals surface area (Å²) in [6, 6.07) is -0.158. The molecule has 2 heterocycles. The minimum atomic E-state index is -3.60. The van der Waals surface area contributed by atoms with Crippen molar-refractivity contribution in [3.63, 3.8) is 0 Å². The fraction of sp³-hybridized carbons (Fsp3) is 0.818. The maximum Gasteiger partial charge on any atom is 0.306 e. The second kappa shape index (κ2) is 6.06. The van der Waals surface area contributed by atoms with E-state index in [2.05, 4.69) is 10.0 Å². The van der Waals surface area contributed by atoms with Crippen LogP contribution in [-0.2, 0) is 19.8 Å². The Bertz CT molecular complexity index is 484. The highest BCUT2D eigenvalue weighted by molar-refractivity contribution is 7.87. The molecule has 0 aromatic heterocycles. The highest BCUT2D eigenvalue weighted by atomic mass is 32.2. The Morgan fingerprint density at radius 3 is 2.50 bits per heavy atom. The molecule has 8 nitrogen and oxygen atoms in total. The molecule has 1 atom stereocenters. The molecule has 0 aromatic rings. The Morgan fingerprint density at radius 2 is 2.00 bits per heavy atom. The SMILES string of the molecule is O=C1CCC(CNS(=O)(=O)N2CCC(C(=O)O)CC2)N1. The lowest BCUT2D eigenvalue weighted by Gasteiger charge is -2.29. The maximum atomic E-state index is 12.1. The molecular weight excluding hydrogens is 286 g/mol. The molecule has 1 unspecified atom stereocenters. The van der Waals surface area contributed by atoms with Crippen LogP contribution in [0.5, 0.6) is 0 Å². The predicted octanol–water partition coefficient (Wildman–Crippen LogP) is -1.10. The smallest absolute Gasteiger partial charge is 0.306 e. The molecule has 9 heteroatoms. The number of carboxylic acids is 1. The third-order valence-corrected chi connectivity index (χ3v) is 5.32. The van der Waals surface area contributed by atoms with Gasteiger partial charge in [0.2, 0.25) is 5.91 Å². The number of nitrogens with zero attached hydrogens (tertiary/aromatic N) is 1. The van der Waals surface area contributed by atoms with E-state index in [4.69, 9.17) is 5.11 Å². The van der Waals surface area contributed by atoms with Crippen LogP contribution < -0.4 is 10.0 Å². The standard InChI is InChI=1S/C11H19N3O5S/c15-10-2-1-9(13-10)7-12-20(18,19)14-5-3-8(4-6-14)11(16)17/h8-9,12H,1-7H2,(H,13,15)(H,16,17). The van der Waals surface area contributed by atoms with Gasteiger partial charge in [-0.05, 0) is 19.3 Å². The highest BCUT2D eigenvalue weighted by Crippen LogP contribution is 2.19. The molecular formula is C11H19N3O5S. The van der Waals surface area contributed by atoms with Gasteiger partial charge >= 0.3 is 5.97 Å². The topological polar surface area (TPSA) is 116 Å².